The maximum atomic E-state index is 12.9. The van der Waals surface area contributed by atoms with Gasteiger partial charge in [0.1, 0.15) is 17.3 Å². The zero-order chi connectivity index (χ0) is 19.6. The molecule has 1 aromatic heterocycles. The Kier molecular flexibility index (Phi) is 5.63. The topological polar surface area (TPSA) is 61.4 Å². The maximum absolute atomic E-state index is 12.9. The van der Waals surface area contributed by atoms with Gasteiger partial charge < -0.3 is 15.1 Å². The zero-order valence-corrected chi connectivity index (χ0v) is 16.9. The predicted octanol–water partition coefficient (Wildman–Crippen LogP) is 3.18. The summed E-state index contributed by atoms with van der Waals surface area (Å²) in [6.07, 6.45) is 0. The number of amides is 1. The first-order chi connectivity index (χ1) is 12.8. The highest BCUT2D eigenvalue weighted by Gasteiger charge is 2.24. The Bertz CT molecular complexity index is 825. The average molecular weight is 367 g/mol. The van der Waals surface area contributed by atoms with E-state index in [9.17, 15) is 4.79 Å². The number of hydrogen-bond donors (Lipinski definition) is 1. The third-order valence-electron chi connectivity index (χ3n) is 4.98. The monoisotopic (exact) mass is 367 g/mol. The zero-order valence-electron chi connectivity index (χ0n) is 16.9. The predicted molar refractivity (Wildman–Crippen MR) is 110 cm³/mol. The molecule has 1 N–H and O–H groups in total. The molecule has 0 aliphatic carbocycles. The fourth-order valence-corrected chi connectivity index (χ4v) is 3.44. The van der Waals surface area contributed by atoms with Crippen LogP contribution >= 0.6 is 0 Å². The largest absolute Gasteiger partial charge is 0.368 e. The highest BCUT2D eigenvalue weighted by atomic mass is 16.2. The molecule has 1 saturated heterocycles. The Morgan fingerprint density at radius 3 is 2.44 bits per heavy atom. The smallest absolute Gasteiger partial charge is 0.272 e. The lowest BCUT2D eigenvalue weighted by molar-refractivity contribution is 0.0740. The van der Waals surface area contributed by atoms with Gasteiger partial charge in [0.15, 0.2) is 0 Å². The summed E-state index contributed by atoms with van der Waals surface area (Å²) in [5.74, 6) is 1.29. The molecular formula is C21H29N5O. The van der Waals surface area contributed by atoms with Crippen molar-refractivity contribution >= 4 is 17.4 Å². The van der Waals surface area contributed by atoms with E-state index in [0.717, 1.165) is 13.1 Å². The molecule has 0 atom stereocenters. The Labute approximate surface area is 161 Å². The van der Waals surface area contributed by atoms with Crippen LogP contribution in [0.3, 0.4) is 0 Å². The normalized spacial score (nSPS) is 14.6. The van der Waals surface area contributed by atoms with E-state index < -0.39 is 0 Å². The van der Waals surface area contributed by atoms with Crippen LogP contribution < -0.4 is 10.2 Å². The van der Waals surface area contributed by atoms with Crippen molar-refractivity contribution < 1.29 is 4.79 Å². The molecule has 144 valence electrons. The van der Waals surface area contributed by atoms with Crippen molar-refractivity contribution in [3.8, 4) is 0 Å². The molecule has 1 amide bonds. The van der Waals surface area contributed by atoms with Crippen LogP contribution in [-0.4, -0.2) is 53.0 Å². The van der Waals surface area contributed by atoms with Gasteiger partial charge in [-0.15, -0.1) is 0 Å². The van der Waals surface area contributed by atoms with E-state index in [1.807, 2.05) is 25.7 Å². The van der Waals surface area contributed by atoms with E-state index in [1.54, 1.807) is 6.07 Å². The van der Waals surface area contributed by atoms with Gasteiger partial charge in [0.05, 0.1) is 0 Å². The second kappa shape index (κ2) is 7.94. The Balaban J connectivity index is 1.70. The van der Waals surface area contributed by atoms with E-state index in [-0.39, 0.29) is 11.9 Å². The number of rotatable bonds is 4. The number of carbonyl (C=O) groups excluding carboxylic acids is 1. The number of anilines is 2. The third-order valence-corrected chi connectivity index (χ3v) is 4.98. The Hall–Kier alpha value is -2.63. The van der Waals surface area contributed by atoms with Crippen LogP contribution in [0.15, 0.2) is 24.3 Å². The Morgan fingerprint density at radius 1 is 1.07 bits per heavy atom. The molecule has 1 fully saturated rings. The molecule has 2 aromatic rings. The Morgan fingerprint density at radius 2 is 1.78 bits per heavy atom. The van der Waals surface area contributed by atoms with Crippen molar-refractivity contribution in [3.63, 3.8) is 0 Å². The SMILES string of the molecule is Cc1nc(NC(C)C)cc(C(=O)N2CCN(c3cccc(C)c3C)CC2)n1. The molecule has 1 aliphatic heterocycles. The van der Waals surface area contributed by atoms with Crippen LogP contribution in [0.1, 0.15) is 41.3 Å². The summed E-state index contributed by atoms with van der Waals surface area (Å²) in [6, 6.07) is 8.41. The fourth-order valence-electron chi connectivity index (χ4n) is 3.44. The summed E-state index contributed by atoms with van der Waals surface area (Å²) in [7, 11) is 0. The van der Waals surface area contributed by atoms with Crippen LogP contribution in [0.25, 0.3) is 0 Å². The first kappa shape index (κ1) is 19.1. The van der Waals surface area contributed by atoms with Gasteiger partial charge in [0.2, 0.25) is 0 Å². The minimum atomic E-state index is -0.0204. The molecule has 0 spiro atoms. The van der Waals surface area contributed by atoms with E-state index in [2.05, 4.69) is 52.2 Å². The summed E-state index contributed by atoms with van der Waals surface area (Å²) in [5, 5.41) is 3.25. The molecule has 3 rings (SSSR count). The van der Waals surface area contributed by atoms with Crippen molar-refractivity contribution in [2.24, 2.45) is 0 Å². The van der Waals surface area contributed by atoms with E-state index >= 15 is 0 Å². The fraction of sp³-hybridized carbons (Fsp3) is 0.476. The maximum Gasteiger partial charge on any atom is 0.272 e. The second-order valence-electron chi connectivity index (χ2n) is 7.48. The quantitative estimate of drug-likeness (QED) is 0.899. The lowest BCUT2D eigenvalue weighted by atomic mass is 10.1. The lowest BCUT2D eigenvalue weighted by Gasteiger charge is -2.37. The van der Waals surface area contributed by atoms with E-state index in [4.69, 9.17) is 0 Å². The average Bonchev–Trinajstić information content (AvgIpc) is 2.62. The molecule has 27 heavy (non-hydrogen) atoms. The van der Waals surface area contributed by atoms with Crippen LogP contribution in [0.2, 0.25) is 0 Å². The van der Waals surface area contributed by atoms with Gasteiger partial charge in [0.25, 0.3) is 5.91 Å². The van der Waals surface area contributed by atoms with Gasteiger partial charge in [-0.3, -0.25) is 4.79 Å². The molecule has 1 aromatic carbocycles. The highest BCUT2D eigenvalue weighted by Crippen LogP contribution is 2.24. The number of aryl methyl sites for hydroxylation is 2. The first-order valence-corrected chi connectivity index (χ1v) is 9.58. The summed E-state index contributed by atoms with van der Waals surface area (Å²) in [4.78, 5) is 25.9. The molecule has 6 heteroatoms. The number of piperazine rings is 1. The van der Waals surface area contributed by atoms with Crippen LogP contribution in [0.4, 0.5) is 11.5 Å². The van der Waals surface area contributed by atoms with Crippen molar-refractivity contribution in [1.82, 2.24) is 14.9 Å². The van der Waals surface area contributed by atoms with Crippen LogP contribution in [0.5, 0.6) is 0 Å². The highest BCUT2D eigenvalue weighted by molar-refractivity contribution is 5.93. The second-order valence-corrected chi connectivity index (χ2v) is 7.48. The molecule has 0 radical (unpaired) electrons. The molecular weight excluding hydrogens is 338 g/mol. The minimum Gasteiger partial charge on any atom is -0.368 e. The molecule has 0 unspecified atom stereocenters. The van der Waals surface area contributed by atoms with E-state index in [0.29, 0.717) is 30.4 Å². The standard InChI is InChI=1S/C21H29N5O/c1-14(2)22-20-13-18(23-17(5)24-20)21(27)26-11-9-25(10-12-26)19-8-6-7-15(3)16(19)4/h6-8,13-14H,9-12H2,1-5H3,(H,22,23,24). The summed E-state index contributed by atoms with van der Waals surface area (Å²) in [5.41, 5.74) is 4.34. The number of carbonyl (C=O) groups is 1. The summed E-state index contributed by atoms with van der Waals surface area (Å²) < 4.78 is 0. The van der Waals surface area contributed by atoms with Gasteiger partial charge in [-0.05, 0) is 51.8 Å². The first-order valence-electron chi connectivity index (χ1n) is 9.58. The molecule has 2 heterocycles. The molecule has 0 bridgehead atoms. The number of nitrogens with one attached hydrogen (secondary N) is 1. The number of benzene rings is 1. The van der Waals surface area contributed by atoms with Crippen LogP contribution in [-0.2, 0) is 0 Å². The summed E-state index contributed by atoms with van der Waals surface area (Å²) in [6.45, 7) is 13.3. The van der Waals surface area contributed by atoms with Gasteiger partial charge in [-0.1, -0.05) is 12.1 Å². The number of hydrogen-bond acceptors (Lipinski definition) is 5. The minimum absolute atomic E-state index is 0.0204. The van der Waals surface area contributed by atoms with E-state index in [1.165, 1.54) is 16.8 Å². The van der Waals surface area contributed by atoms with Gasteiger partial charge >= 0.3 is 0 Å². The van der Waals surface area contributed by atoms with Gasteiger partial charge in [0, 0.05) is 44.0 Å². The molecule has 6 nitrogen and oxygen atoms in total. The van der Waals surface area contributed by atoms with Gasteiger partial charge in [-0.25, -0.2) is 9.97 Å². The van der Waals surface area contributed by atoms with Crippen molar-refractivity contribution in [1.29, 1.82) is 0 Å². The third kappa shape index (κ3) is 4.38. The lowest BCUT2D eigenvalue weighted by Crippen LogP contribution is -2.49. The molecule has 1 aliphatic rings. The van der Waals surface area contributed by atoms with Crippen molar-refractivity contribution in [2.75, 3.05) is 36.4 Å². The summed E-state index contributed by atoms with van der Waals surface area (Å²) >= 11 is 0. The van der Waals surface area contributed by atoms with Gasteiger partial charge in [-0.2, -0.15) is 0 Å². The number of nitrogens with zero attached hydrogens (tertiary/aromatic N) is 4. The van der Waals surface area contributed by atoms with Crippen molar-refractivity contribution in [3.05, 3.63) is 46.9 Å². The van der Waals surface area contributed by atoms with Crippen LogP contribution in [0, 0.1) is 20.8 Å². The molecule has 0 saturated carbocycles. The number of aromatic nitrogens is 2. The van der Waals surface area contributed by atoms with Crippen molar-refractivity contribution in [2.45, 2.75) is 40.7 Å².